The van der Waals surface area contributed by atoms with Crippen LogP contribution in [-0.2, 0) is 0 Å². The van der Waals surface area contributed by atoms with Crippen molar-refractivity contribution >= 4 is 5.57 Å². The maximum atomic E-state index is 10.1. The molecule has 1 aliphatic rings. The number of benzene rings is 2. The fourth-order valence-corrected chi connectivity index (χ4v) is 3.15. The highest BCUT2D eigenvalue weighted by molar-refractivity contribution is 5.76. The largest absolute Gasteiger partial charge is 0.508 e. The van der Waals surface area contributed by atoms with Crippen molar-refractivity contribution in [3.8, 4) is 11.5 Å². The van der Waals surface area contributed by atoms with Crippen molar-refractivity contribution in [3.05, 3.63) is 77.4 Å². The van der Waals surface area contributed by atoms with E-state index in [4.69, 9.17) is 0 Å². The second-order valence-electron chi connectivity index (χ2n) is 6.54. The first kappa shape index (κ1) is 16.4. The van der Waals surface area contributed by atoms with Gasteiger partial charge in [0.25, 0.3) is 0 Å². The second kappa shape index (κ2) is 6.96. The molecule has 0 amide bonds. The van der Waals surface area contributed by atoms with E-state index in [1.54, 1.807) is 18.2 Å². The van der Waals surface area contributed by atoms with Gasteiger partial charge in [-0.2, -0.15) is 0 Å². The molecule has 0 aromatic heterocycles. The van der Waals surface area contributed by atoms with Crippen molar-refractivity contribution in [2.75, 3.05) is 0 Å². The summed E-state index contributed by atoms with van der Waals surface area (Å²) in [5.41, 5.74) is 4.59. The Morgan fingerprint density at radius 2 is 1.83 bits per heavy atom. The number of rotatable bonds is 4. The molecule has 0 heterocycles. The molecule has 2 N–H and O–H groups in total. The normalized spacial score (nSPS) is 18.2. The Hall–Kier alpha value is -2.48. The zero-order valence-corrected chi connectivity index (χ0v) is 14.2. The molecule has 24 heavy (non-hydrogen) atoms. The quantitative estimate of drug-likeness (QED) is 0.754. The van der Waals surface area contributed by atoms with Crippen molar-refractivity contribution in [2.24, 2.45) is 0 Å². The summed E-state index contributed by atoms with van der Waals surface area (Å²) in [6, 6.07) is 13.3. The van der Waals surface area contributed by atoms with Gasteiger partial charge in [0.1, 0.15) is 11.5 Å². The SMILES string of the molecule is CCC(C)c1cc(C2=CCC(c3ccc(O)cc3)C=C2)ccc1O. The van der Waals surface area contributed by atoms with E-state index in [1.165, 1.54) is 11.1 Å². The lowest BCUT2D eigenvalue weighted by molar-refractivity contribution is 0.462. The molecule has 124 valence electrons. The van der Waals surface area contributed by atoms with Crippen LogP contribution >= 0.6 is 0 Å². The monoisotopic (exact) mass is 320 g/mol. The van der Waals surface area contributed by atoms with Gasteiger partial charge in [0.2, 0.25) is 0 Å². The predicted molar refractivity (Wildman–Crippen MR) is 99.4 cm³/mol. The van der Waals surface area contributed by atoms with Gasteiger partial charge in [-0.1, -0.05) is 50.3 Å². The van der Waals surface area contributed by atoms with Gasteiger partial charge in [-0.15, -0.1) is 0 Å². The summed E-state index contributed by atoms with van der Waals surface area (Å²) in [6.07, 6.45) is 8.58. The van der Waals surface area contributed by atoms with Crippen LogP contribution < -0.4 is 0 Å². The van der Waals surface area contributed by atoms with Gasteiger partial charge in [0.05, 0.1) is 0 Å². The van der Waals surface area contributed by atoms with Gasteiger partial charge in [0, 0.05) is 5.92 Å². The maximum Gasteiger partial charge on any atom is 0.119 e. The Bertz CT molecular complexity index is 769. The van der Waals surface area contributed by atoms with E-state index in [1.807, 2.05) is 18.2 Å². The Morgan fingerprint density at radius 1 is 1.08 bits per heavy atom. The van der Waals surface area contributed by atoms with Crippen LogP contribution in [0, 0.1) is 0 Å². The number of allylic oxidation sites excluding steroid dienone is 4. The average molecular weight is 320 g/mol. The summed E-state index contributed by atoms with van der Waals surface area (Å²) in [6.45, 7) is 4.28. The first-order chi connectivity index (χ1) is 11.6. The molecule has 0 fully saturated rings. The summed E-state index contributed by atoms with van der Waals surface area (Å²) >= 11 is 0. The van der Waals surface area contributed by atoms with Crippen molar-refractivity contribution in [1.29, 1.82) is 0 Å². The van der Waals surface area contributed by atoms with Crippen LogP contribution in [0.2, 0.25) is 0 Å². The minimum Gasteiger partial charge on any atom is -0.508 e. The summed E-state index contributed by atoms with van der Waals surface area (Å²) < 4.78 is 0. The third-order valence-electron chi connectivity index (χ3n) is 4.93. The zero-order valence-electron chi connectivity index (χ0n) is 14.2. The molecule has 0 spiro atoms. The van der Waals surface area contributed by atoms with Gasteiger partial charge in [-0.25, -0.2) is 0 Å². The molecule has 1 aliphatic carbocycles. The Labute approximate surface area is 143 Å². The minimum absolute atomic E-state index is 0.302. The number of aromatic hydroxyl groups is 2. The summed E-state index contributed by atoms with van der Waals surface area (Å²) in [5, 5.41) is 19.5. The molecule has 0 bridgehead atoms. The molecule has 0 saturated carbocycles. The first-order valence-electron chi connectivity index (χ1n) is 8.59. The van der Waals surface area contributed by atoms with Crippen molar-refractivity contribution in [2.45, 2.75) is 38.5 Å². The molecular weight excluding hydrogens is 296 g/mol. The van der Waals surface area contributed by atoms with Crippen molar-refractivity contribution in [3.63, 3.8) is 0 Å². The number of hydrogen-bond donors (Lipinski definition) is 2. The molecule has 2 nitrogen and oxygen atoms in total. The van der Waals surface area contributed by atoms with Crippen LogP contribution in [0.4, 0.5) is 0 Å². The number of phenols is 2. The van der Waals surface area contributed by atoms with Crippen LogP contribution in [0.15, 0.2) is 60.7 Å². The third-order valence-corrected chi connectivity index (χ3v) is 4.93. The van der Waals surface area contributed by atoms with E-state index in [2.05, 4.69) is 38.1 Å². The smallest absolute Gasteiger partial charge is 0.119 e. The molecule has 0 radical (unpaired) electrons. The van der Waals surface area contributed by atoms with E-state index in [9.17, 15) is 10.2 Å². The topological polar surface area (TPSA) is 40.5 Å². The molecule has 3 rings (SSSR count). The molecule has 2 heteroatoms. The first-order valence-corrected chi connectivity index (χ1v) is 8.59. The van der Waals surface area contributed by atoms with Crippen LogP contribution in [0.25, 0.3) is 5.57 Å². The molecule has 2 atom stereocenters. The van der Waals surface area contributed by atoms with E-state index in [0.717, 1.165) is 24.0 Å². The predicted octanol–water partition coefficient (Wildman–Crippen LogP) is 5.74. The highest BCUT2D eigenvalue weighted by Gasteiger charge is 2.14. The van der Waals surface area contributed by atoms with Crippen LogP contribution in [0.3, 0.4) is 0 Å². The number of phenolic OH excluding ortho intramolecular Hbond substituents is 2. The van der Waals surface area contributed by atoms with Crippen molar-refractivity contribution in [1.82, 2.24) is 0 Å². The van der Waals surface area contributed by atoms with Crippen molar-refractivity contribution < 1.29 is 10.2 Å². The third kappa shape index (κ3) is 3.38. The van der Waals surface area contributed by atoms with Gasteiger partial charge in [0.15, 0.2) is 0 Å². The maximum absolute atomic E-state index is 10.1. The molecule has 0 aliphatic heterocycles. The van der Waals surface area contributed by atoms with E-state index in [-0.39, 0.29) is 0 Å². The highest BCUT2D eigenvalue weighted by Crippen LogP contribution is 2.34. The molecule has 2 aromatic carbocycles. The fourth-order valence-electron chi connectivity index (χ4n) is 3.15. The summed E-state index contributed by atoms with van der Waals surface area (Å²) in [7, 11) is 0. The molecule has 2 unspecified atom stereocenters. The lowest BCUT2D eigenvalue weighted by Crippen LogP contribution is -1.99. The van der Waals surface area contributed by atoms with Gasteiger partial charge < -0.3 is 10.2 Å². The Kier molecular flexibility index (Phi) is 4.75. The average Bonchev–Trinajstić information content (AvgIpc) is 2.62. The van der Waals surface area contributed by atoms with Gasteiger partial charge in [-0.05, 0) is 65.3 Å². The molecular formula is C22H24O2. The minimum atomic E-state index is 0.302. The highest BCUT2D eigenvalue weighted by atomic mass is 16.3. The fraction of sp³-hybridized carbons (Fsp3) is 0.273. The summed E-state index contributed by atoms with van der Waals surface area (Å²) in [5.74, 6) is 1.38. The van der Waals surface area contributed by atoms with Crippen LogP contribution in [0.5, 0.6) is 11.5 Å². The van der Waals surface area contributed by atoms with Crippen LogP contribution in [0.1, 0.15) is 55.2 Å². The lowest BCUT2D eigenvalue weighted by Gasteiger charge is -2.18. The Balaban J connectivity index is 1.80. The number of hydrogen-bond acceptors (Lipinski definition) is 2. The molecule has 2 aromatic rings. The van der Waals surface area contributed by atoms with Crippen LogP contribution in [-0.4, -0.2) is 10.2 Å². The van der Waals surface area contributed by atoms with Gasteiger partial charge >= 0.3 is 0 Å². The van der Waals surface area contributed by atoms with E-state index >= 15 is 0 Å². The van der Waals surface area contributed by atoms with Gasteiger partial charge in [-0.3, -0.25) is 0 Å². The lowest BCUT2D eigenvalue weighted by atomic mass is 9.87. The standard InChI is InChI=1S/C22H24O2/c1-3-15(2)21-14-19(10-13-22(21)24)18-6-4-16(5-7-18)17-8-11-20(23)12-9-17/h4,6-16,23-24H,3,5H2,1-2H3. The Morgan fingerprint density at radius 3 is 2.46 bits per heavy atom. The molecule has 0 saturated heterocycles. The zero-order chi connectivity index (χ0) is 17.1. The van der Waals surface area contributed by atoms with E-state index in [0.29, 0.717) is 23.3 Å². The van der Waals surface area contributed by atoms with E-state index < -0.39 is 0 Å². The summed E-state index contributed by atoms with van der Waals surface area (Å²) in [4.78, 5) is 0. The second-order valence-corrected chi connectivity index (χ2v) is 6.54.